The third kappa shape index (κ3) is 1.58. The van der Waals surface area contributed by atoms with E-state index in [0.717, 1.165) is 39.4 Å². The monoisotopic (exact) mass is 264 g/mol. The molecule has 0 N–H and O–H groups in total. The van der Waals surface area contributed by atoms with Crippen LogP contribution in [0.1, 0.15) is 11.1 Å². The van der Waals surface area contributed by atoms with E-state index in [1.54, 1.807) is 5.38 Å². The lowest BCUT2D eigenvalue weighted by atomic mass is 9.92. The van der Waals surface area contributed by atoms with Crippen LogP contribution >= 0.6 is 22.1 Å². The molecule has 0 aliphatic heterocycles. The number of benzene rings is 1. The van der Waals surface area contributed by atoms with Crippen molar-refractivity contribution in [2.24, 2.45) is 0 Å². The van der Waals surface area contributed by atoms with Crippen molar-refractivity contribution in [1.82, 2.24) is 0 Å². The second-order valence-corrected chi connectivity index (χ2v) is 6.11. The van der Waals surface area contributed by atoms with E-state index >= 15 is 0 Å². The Balaban J connectivity index is 2.31. The number of halogens is 1. The minimum atomic E-state index is -1.01. The quantitative estimate of drug-likeness (QED) is 0.743. The van der Waals surface area contributed by atoms with Gasteiger partial charge in [-0.2, -0.15) is 0 Å². The third-order valence-electron chi connectivity index (χ3n) is 3.10. The zero-order chi connectivity index (χ0) is 12.0. The molecule has 3 rings (SSSR count). The van der Waals surface area contributed by atoms with Crippen LogP contribution in [0.5, 0.6) is 0 Å². The van der Waals surface area contributed by atoms with Gasteiger partial charge in [0.25, 0.3) is 0 Å². The Bertz CT molecular complexity index is 616. The Morgan fingerprint density at radius 3 is 2.88 bits per heavy atom. The van der Waals surface area contributed by atoms with Gasteiger partial charge < -0.3 is 9.90 Å². The van der Waals surface area contributed by atoms with Crippen LogP contribution < -0.4 is 5.11 Å². The van der Waals surface area contributed by atoms with E-state index < -0.39 is 15.8 Å². The van der Waals surface area contributed by atoms with E-state index in [-0.39, 0.29) is 0 Å². The first-order valence-corrected chi connectivity index (χ1v) is 6.98. The number of rotatable bonds is 1. The fourth-order valence-corrected chi connectivity index (χ4v) is 4.21. The summed E-state index contributed by atoms with van der Waals surface area (Å²) in [5.74, 6) is 0. The van der Waals surface area contributed by atoms with Crippen LogP contribution in [-0.2, 0) is 12.8 Å². The molecular weight excluding hydrogens is 256 g/mol. The highest BCUT2D eigenvalue weighted by Gasteiger charge is 2.29. The fourth-order valence-electron chi connectivity index (χ4n) is 2.35. The van der Waals surface area contributed by atoms with Gasteiger partial charge in [-0.25, -0.2) is 0 Å². The summed E-state index contributed by atoms with van der Waals surface area (Å²) < 4.78 is 0. The lowest BCUT2D eigenvalue weighted by molar-refractivity contribution is -0.233. The predicted molar refractivity (Wildman–Crippen MR) is 67.6 cm³/mol. The molecule has 0 fully saturated rings. The lowest BCUT2D eigenvalue weighted by Crippen LogP contribution is -2.16. The molecule has 0 saturated carbocycles. The summed E-state index contributed by atoms with van der Waals surface area (Å²) in [6, 6.07) is 7.58. The number of carbonyl (C=O) groups is 1. The van der Waals surface area contributed by atoms with E-state index in [9.17, 15) is 9.90 Å². The summed E-state index contributed by atoms with van der Waals surface area (Å²) in [7, 11) is -0.919. The number of aryl methyl sites for hydroxylation is 1. The molecule has 1 heterocycles. The van der Waals surface area contributed by atoms with Gasteiger partial charge in [0.05, 0.1) is 0 Å². The summed E-state index contributed by atoms with van der Waals surface area (Å²) in [4.78, 5) is 12.0. The van der Waals surface area contributed by atoms with E-state index in [1.165, 1.54) is 0 Å². The highest BCUT2D eigenvalue weighted by Crippen LogP contribution is 2.45. The lowest BCUT2D eigenvalue weighted by Gasteiger charge is -2.15. The van der Waals surface area contributed by atoms with Crippen molar-refractivity contribution in [3.63, 3.8) is 0 Å². The molecule has 86 valence electrons. The summed E-state index contributed by atoms with van der Waals surface area (Å²) >= 11 is 6.16. The predicted octanol–water partition coefficient (Wildman–Crippen LogP) is 3.05. The van der Waals surface area contributed by atoms with Crippen molar-refractivity contribution in [2.75, 3.05) is 0 Å². The van der Waals surface area contributed by atoms with Gasteiger partial charge in [-0.15, -0.1) is 0 Å². The average molecular weight is 265 g/mol. The topological polar surface area (TPSA) is 40.1 Å². The molecule has 0 spiro atoms. The standard InChI is InChI=1S/C13H9ClO2S/c14-11-3-1-2-10-9(11)5-4-8-6-7-17(12(8)10)13(15)16/h1-3,6-7H,4-5H2. The SMILES string of the molecule is O=C([O-])[s+]1ccc2c1-c1cccc(Cl)c1CC2. The van der Waals surface area contributed by atoms with Gasteiger partial charge in [-0.3, -0.25) is 0 Å². The normalized spacial score (nSPS) is 14.1. The van der Waals surface area contributed by atoms with Crippen molar-refractivity contribution < 1.29 is 9.90 Å². The summed E-state index contributed by atoms with van der Waals surface area (Å²) in [6.45, 7) is 0. The van der Waals surface area contributed by atoms with Crippen LogP contribution in [0, 0.1) is 0 Å². The fraction of sp³-hybridized carbons (Fsp3) is 0.154. The molecule has 4 heteroatoms. The highest BCUT2D eigenvalue weighted by molar-refractivity contribution is 7.51. The molecule has 0 saturated heterocycles. The largest absolute Gasteiger partial charge is 0.500 e. The first kappa shape index (κ1) is 10.8. The maximum Gasteiger partial charge on any atom is 0.301 e. The second-order valence-electron chi connectivity index (χ2n) is 4.01. The van der Waals surface area contributed by atoms with Crippen LogP contribution in [0.3, 0.4) is 0 Å². The van der Waals surface area contributed by atoms with E-state index in [0.29, 0.717) is 0 Å². The molecular formula is C13H9ClO2S. The van der Waals surface area contributed by atoms with Gasteiger partial charge in [-0.1, -0.05) is 17.7 Å². The number of thiophene rings is 1. The Morgan fingerprint density at radius 2 is 2.12 bits per heavy atom. The smallest absolute Gasteiger partial charge is 0.301 e. The zero-order valence-corrected chi connectivity index (χ0v) is 10.5. The van der Waals surface area contributed by atoms with Gasteiger partial charge in [-0.05, 0) is 36.6 Å². The van der Waals surface area contributed by atoms with Crippen molar-refractivity contribution in [1.29, 1.82) is 0 Å². The first-order chi connectivity index (χ1) is 8.18. The number of fused-ring (bicyclic) bond motifs is 3. The summed E-state index contributed by atoms with van der Waals surface area (Å²) in [6.07, 6.45) is 1.74. The van der Waals surface area contributed by atoms with Crippen LogP contribution in [0.2, 0.25) is 5.02 Å². The van der Waals surface area contributed by atoms with Gasteiger partial charge >= 0.3 is 5.30 Å². The third-order valence-corrected chi connectivity index (χ3v) is 5.15. The maximum absolute atomic E-state index is 11.1. The molecule has 1 aromatic carbocycles. The van der Waals surface area contributed by atoms with Crippen molar-refractivity contribution in [3.05, 3.63) is 45.8 Å². The van der Waals surface area contributed by atoms with E-state index in [2.05, 4.69) is 0 Å². The molecule has 1 aliphatic carbocycles. The van der Waals surface area contributed by atoms with Gasteiger partial charge in [0.1, 0.15) is 5.38 Å². The molecule has 1 aromatic heterocycles. The van der Waals surface area contributed by atoms with E-state index in [1.807, 2.05) is 24.3 Å². The van der Waals surface area contributed by atoms with Gasteiger partial charge in [0.2, 0.25) is 0 Å². The second kappa shape index (κ2) is 3.86. The molecule has 0 amide bonds. The molecule has 0 radical (unpaired) electrons. The summed E-state index contributed by atoms with van der Waals surface area (Å²) in [5.41, 5.74) is 3.17. The zero-order valence-electron chi connectivity index (χ0n) is 8.90. The Morgan fingerprint density at radius 1 is 1.29 bits per heavy atom. The van der Waals surface area contributed by atoms with Crippen LogP contribution in [0.25, 0.3) is 10.4 Å². The average Bonchev–Trinajstić information content (AvgIpc) is 2.73. The highest BCUT2D eigenvalue weighted by atomic mass is 35.5. The van der Waals surface area contributed by atoms with Gasteiger partial charge in [0.15, 0.2) is 4.88 Å². The van der Waals surface area contributed by atoms with Crippen molar-refractivity contribution in [2.45, 2.75) is 12.8 Å². The van der Waals surface area contributed by atoms with Gasteiger partial charge in [0, 0.05) is 26.6 Å². The van der Waals surface area contributed by atoms with Crippen LogP contribution in [0.4, 0.5) is 4.79 Å². The number of hydrogen-bond donors (Lipinski definition) is 0. The number of carboxylic acid groups (broad SMARTS) is 1. The number of hydrogen-bond acceptors (Lipinski definition) is 2. The molecule has 1 atom stereocenters. The number of carbonyl (C=O) groups excluding carboxylic acids is 1. The summed E-state index contributed by atoms with van der Waals surface area (Å²) in [5, 5.41) is 12.6. The Hall–Kier alpha value is -1.32. The minimum absolute atomic E-state index is 0.725. The maximum atomic E-state index is 11.1. The Kier molecular flexibility index (Phi) is 2.45. The van der Waals surface area contributed by atoms with E-state index in [4.69, 9.17) is 11.6 Å². The van der Waals surface area contributed by atoms with Crippen molar-refractivity contribution in [3.8, 4) is 10.4 Å². The van der Waals surface area contributed by atoms with Crippen molar-refractivity contribution >= 4 is 27.4 Å². The van der Waals surface area contributed by atoms with Crippen LogP contribution in [0.15, 0.2) is 29.6 Å². The molecule has 2 nitrogen and oxygen atoms in total. The minimum Gasteiger partial charge on any atom is -0.500 e. The van der Waals surface area contributed by atoms with Crippen LogP contribution in [-0.4, -0.2) is 5.30 Å². The molecule has 17 heavy (non-hydrogen) atoms. The molecule has 1 aliphatic rings. The molecule has 1 unspecified atom stereocenters. The molecule has 2 aromatic rings. The first-order valence-electron chi connectivity index (χ1n) is 5.31. The Labute approximate surface area is 106 Å². The molecule has 0 bridgehead atoms.